The van der Waals surface area contributed by atoms with Gasteiger partial charge in [0.05, 0.1) is 26.1 Å². The molecule has 3 aromatic rings. The van der Waals surface area contributed by atoms with Crippen LogP contribution in [0.25, 0.3) is 16.9 Å². The number of ether oxygens (including phenoxy) is 2. The Hall–Kier alpha value is -3.30. The van der Waals surface area contributed by atoms with E-state index < -0.39 is 23.3 Å². The van der Waals surface area contributed by atoms with E-state index in [1.165, 1.54) is 20.3 Å². The largest absolute Gasteiger partial charge is 0.493 e. The van der Waals surface area contributed by atoms with E-state index in [9.17, 15) is 18.0 Å². The molecule has 7 nitrogen and oxygen atoms in total. The average Bonchev–Trinajstić information content (AvgIpc) is 3.13. The van der Waals surface area contributed by atoms with Crippen LogP contribution in [0, 0.1) is 5.41 Å². The molecule has 1 aromatic carbocycles. The van der Waals surface area contributed by atoms with Gasteiger partial charge in [-0.15, -0.1) is 0 Å². The molecule has 0 aliphatic heterocycles. The molecule has 0 saturated carbocycles. The molecule has 34 heavy (non-hydrogen) atoms. The van der Waals surface area contributed by atoms with Crippen molar-refractivity contribution in [3.8, 4) is 22.8 Å². The van der Waals surface area contributed by atoms with E-state index in [1.54, 1.807) is 12.1 Å². The zero-order valence-corrected chi connectivity index (χ0v) is 20.3. The van der Waals surface area contributed by atoms with Gasteiger partial charge in [0.1, 0.15) is 5.56 Å². The van der Waals surface area contributed by atoms with Gasteiger partial charge < -0.3 is 14.8 Å². The molecular weight excluding hydrogens is 449 g/mol. The lowest BCUT2D eigenvalue weighted by molar-refractivity contribution is -0.142. The lowest BCUT2D eigenvalue weighted by Gasteiger charge is -2.33. The number of fused-ring (bicyclic) bond motifs is 1. The minimum atomic E-state index is -4.72. The molecule has 0 aliphatic carbocycles. The van der Waals surface area contributed by atoms with Gasteiger partial charge in [0.25, 0.3) is 5.91 Å². The van der Waals surface area contributed by atoms with Crippen LogP contribution in [0.3, 0.4) is 0 Å². The van der Waals surface area contributed by atoms with E-state index in [2.05, 4.69) is 15.4 Å². The van der Waals surface area contributed by atoms with Crippen LogP contribution >= 0.6 is 0 Å². The van der Waals surface area contributed by atoms with E-state index in [0.29, 0.717) is 28.0 Å². The number of rotatable bonds is 6. The summed E-state index contributed by atoms with van der Waals surface area (Å²) in [6.45, 7) is 9.87. The van der Waals surface area contributed by atoms with Crippen LogP contribution in [0.4, 0.5) is 13.2 Å². The minimum absolute atomic E-state index is 0.0179. The fraction of sp³-hybridized carbons (Fsp3) is 0.458. The Morgan fingerprint density at radius 3 is 2.24 bits per heavy atom. The van der Waals surface area contributed by atoms with E-state index in [4.69, 9.17) is 9.47 Å². The Morgan fingerprint density at radius 1 is 1.03 bits per heavy atom. The SMILES string of the molecule is COc1ccc(-c2cc(C(F)(F)F)n3ncc(C(=O)NC(C)(C)CC(C)(C)C)c3n2)cc1OC. The van der Waals surface area contributed by atoms with Crippen LogP contribution in [0.1, 0.15) is 57.1 Å². The van der Waals surface area contributed by atoms with Gasteiger partial charge in [-0.05, 0) is 49.9 Å². The molecule has 10 heteroatoms. The first-order valence-corrected chi connectivity index (χ1v) is 10.7. The normalized spacial score (nSPS) is 12.6. The lowest BCUT2D eigenvalue weighted by atomic mass is 9.81. The number of halogens is 3. The predicted octanol–water partition coefficient (Wildman–Crippen LogP) is 5.38. The van der Waals surface area contributed by atoms with Crippen LogP contribution in [-0.2, 0) is 6.18 Å². The van der Waals surface area contributed by atoms with Crippen LogP contribution in [0.15, 0.2) is 30.5 Å². The number of carbonyl (C=O) groups excluding carboxylic acids is 1. The van der Waals surface area contributed by atoms with Crippen molar-refractivity contribution in [1.82, 2.24) is 19.9 Å². The van der Waals surface area contributed by atoms with Gasteiger partial charge in [-0.25, -0.2) is 9.50 Å². The Kier molecular flexibility index (Phi) is 6.56. The molecule has 2 aromatic heterocycles. The topological polar surface area (TPSA) is 77.8 Å². The van der Waals surface area contributed by atoms with Crippen LogP contribution < -0.4 is 14.8 Å². The maximum Gasteiger partial charge on any atom is 0.433 e. The highest BCUT2D eigenvalue weighted by atomic mass is 19.4. The van der Waals surface area contributed by atoms with Crippen molar-refractivity contribution >= 4 is 11.6 Å². The summed E-state index contributed by atoms with van der Waals surface area (Å²) < 4.78 is 52.9. The van der Waals surface area contributed by atoms with Crippen molar-refractivity contribution in [2.75, 3.05) is 14.2 Å². The Bertz CT molecular complexity index is 1210. The van der Waals surface area contributed by atoms with Crippen LogP contribution in [0.5, 0.6) is 11.5 Å². The Morgan fingerprint density at radius 2 is 1.68 bits per heavy atom. The first-order valence-electron chi connectivity index (χ1n) is 10.7. The van der Waals surface area contributed by atoms with Gasteiger partial charge in [-0.3, -0.25) is 4.79 Å². The summed E-state index contributed by atoms with van der Waals surface area (Å²) in [5.41, 5.74) is -1.57. The maximum atomic E-state index is 13.9. The number of benzene rings is 1. The summed E-state index contributed by atoms with van der Waals surface area (Å²) in [4.78, 5) is 17.5. The second-order valence-corrected chi connectivity index (χ2v) is 9.96. The summed E-state index contributed by atoms with van der Waals surface area (Å²) >= 11 is 0. The average molecular weight is 479 g/mol. The van der Waals surface area contributed by atoms with Gasteiger partial charge in [-0.1, -0.05) is 20.8 Å². The molecule has 2 heterocycles. The number of nitrogens with one attached hydrogen (secondary N) is 1. The van der Waals surface area contributed by atoms with E-state index >= 15 is 0 Å². The van der Waals surface area contributed by atoms with Gasteiger partial charge in [-0.2, -0.15) is 18.3 Å². The molecule has 0 atom stereocenters. The van der Waals surface area contributed by atoms with Crippen molar-refractivity contribution in [2.24, 2.45) is 5.41 Å². The number of amides is 1. The van der Waals surface area contributed by atoms with E-state index in [-0.39, 0.29) is 22.3 Å². The predicted molar refractivity (Wildman–Crippen MR) is 122 cm³/mol. The summed E-state index contributed by atoms with van der Waals surface area (Å²) in [7, 11) is 2.89. The first kappa shape index (κ1) is 25.3. The fourth-order valence-corrected chi connectivity index (χ4v) is 4.21. The Balaban J connectivity index is 2.14. The van der Waals surface area contributed by atoms with Crippen molar-refractivity contribution in [2.45, 2.75) is 52.8 Å². The quantitative estimate of drug-likeness (QED) is 0.515. The molecule has 0 unspecified atom stereocenters. The third-order valence-corrected chi connectivity index (χ3v) is 5.11. The maximum absolute atomic E-state index is 13.9. The summed E-state index contributed by atoms with van der Waals surface area (Å²) in [5.74, 6) is 0.217. The fourth-order valence-electron chi connectivity index (χ4n) is 4.21. The van der Waals surface area contributed by atoms with Crippen molar-refractivity contribution in [1.29, 1.82) is 0 Å². The number of carbonyl (C=O) groups is 1. The van der Waals surface area contributed by atoms with Crippen LogP contribution in [0.2, 0.25) is 0 Å². The van der Waals surface area contributed by atoms with Gasteiger partial charge in [0.15, 0.2) is 22.8 Å². The van der Waals surface area contributed by atoms with Crippen molar-refractivity contribution in [3.63, 3.8) is 0 Å². The molecule has 0 spiro atoms. The number of aromatic nitrogens is 3. The molecule has 3 rings (SSSR count). The highest BCUT2D eigenvalue weighted by molar-refractivity contribution is 6.00. The standard InChI is InChI=1S/C24H29F3N4O3/c1-22(2,3)13-23(4,5)30-21(32)15-12-28-31-19(24(25,26)27)11-16(29-20(15)31)14-8-9-17(33-6)18(10-14)34-7/h8-12H,13H2,1-7H3,(H,30,32). The second-order valence-electron chi connectivity index (χ2n) is 9.96. The van der Waals surface area contributed by atoms with Gasteiger partial charge in [0.2, 0.25) is 0 Å². The number of nitrogens with zero attached hydrogens (tertiary/aromatic N) is 3. The summed E-state index contributed by atoms with van der Waals surface area (Å²) in [6, 6.07) is 5.57. The van der Waals surface area contributed by atoms with Gasteiger partial charge in [0, 0.05) is 11.1 Å². The smallest absolute Gasteiger partial charge is 0.433 e. The zero-order valence-electron chi connectivity index (χ0n) is 20.3. The highest BCUT2D eigenvalue weighted by Crippen LogP contribution is 2.36. The number of methoxy groups -OCH3 is 2. The second kappa shape index (κ2) is 8.81. The molecule has 0 bridgehead atoms. The third-order valence-electron chi connectivity index (χ3n) is 5.11. The van der Waals surface area contributed by atoms with E-state index in [0.717, 1.165) is 12.3 Å². The Labute approximate surface area is 196 Å². The van der Waals surface area contributed by atoms with Crippen molar-refractivity contribution in [3.05, 3.63) is 41.7 Å². The molecule has 1 amide bonds. The molecule has 0 radical (unpaired) electrons. The lowest BCUT2D eigenvalue weighted by Crippen LogP contribution is -2.45. The molecule has 0 saturated heterocycles. The molecule has 1 N–H and O–H groups in total. The van der Waals surface area contributed by atoms with E-state index in [1.807, 2.05) is 34.6 Å². The molecule has 0 fully saturated rings. The van der Waals surface area contributed by atoms with Crippen LogP contribution in [-0.4, -0.2) is 40.3 Å². The van der Waals surface area contributed by atoms with Crippen molar-refractivity contribution < 1.29 is 27.4 Å². The first-order chi connectivity index (χ1) is 15.6. The number of hydrogen-bond acceptors (Lipinski definition) is 5. The monoisotopic (exact) mass is 478 g/mol. The highest BCUT2D eigenvalue weighted by Gasteiger charge is 2.36. The molecule has 184 valence electrons. The summed E-state index contributed by atoms with van der Waals surface area (Å²) in [6.07, 6.45) is -2.96. The molecular formula is C24H29F3N4O3. The number of hydrogen-bond donors (Lipinski definition) is 1. The van der Waals surface area contributed by atoms with Gasteiger partial charge >= 0.3 is 6.18 Å². The zero-order chi connectivity index (χ0) is 25.5. The summed E-state index contributed by atoms with van der Waals surface area (Å²) in [5, 5.41) is 6.74. The minimum Gasteiger partial charge on any atom is -0.493 e. The third kappa shape index (κ3) is 5.43. The molecule has 0 aliphatic rings. The number of alkyl halides is 3.